The van der Waals surface area contributed by atoms with Gasteiger partial charge >= 0.3 is 0 Å². The minimum absolute atomic E-state index is 0.0756. The van der Waals surface area contributed by atoms with Crippen LogP contribution < -0.4 is 11.5 Å². The number of hydrogen-bond acceptors (Lipinski definition) is 3. The lowest BCUT2D eigenvalue weighted by molar-refractivity contribution is -0.133. The molecule has 80 valence electrons. The summed E-state index contributed by atoms with van der Waals surface area (Å²) in [6, 6.07) is -0.781. The molecule has 5 nitrogen and oxygen atoms in total. The van der Waals surface area contributed by atoms with Gasteiger partial charge in [-0.05, 0) is 18.8 Å². The van der Waals surface area contributed by atoms with Gasteiger partial charge in [-0.1, -0.05) is 0 Å². The summed E-state index contributed by atoms with van der Waals surface area (Å²) in [6.07, 6.45) is 2.29. The molecule has 4 N–H and O–H groups in total. The molecule has 0 aromatic heterocycles. The summed E-state index contributed by atoms with van der Waals surface area (Å²) in [5.74, 6) is -0.105. The quantitative estimate of drug-likeness (QED) is 0.598. The Balaban J connectivity index is 2.33. The van der Waals surface area contributed by atoms with E-state index in [0.717, 1.165) is 6.54 Å². The molecule has 0 heterocycles. The molecule has 1 saturated carbocycles. The molecule has 0 bridgehead atoms. The molecular formula is C9H17N3O2. The van der Waals surface area contributed by atoms with E-state index in [1.807, 2.05) is 0 Å². The lowest BCUT2D eigenvalue weighted by Gasteiger charge is -2.20. The topological polar surface area (TPSA) is 89.4 Å². The van der Waals surface area contributed by atoms with Crippen molar-refractivity contribution in [2.45, 2.75) is 25.3 Å². The number of carbonyl (C=O) groups excluding carboxylic acids is 2. The molecule has 5 heteroatoms. The summed E-state index contributed by atoms with van der Waals surface area (Å²) in [5.41, 5.74) is 10.5. The third kappa shape index (κ3) is 3.33. The zero-order valence-corrected chi connectivity index (χ0v) is 8.40. The van der Waals surface area contributed by atoms with E-state index in [-0.39, 0.29) is 12.3 Å². The van der Waals surface area contributed by atoms with E-state index >= 15 is 0 Å². The average molecular weight is 199 g/mol. The summed E-state index contributed by atoms with van der Waals surface area (Å²) in [7, 11) is 1.71. The van der Waals surface area contributed by atoms with E-state index in [1.165, 1.54) is 12.8 Å². The van der Waals surface area contributed by atoms with Crippen LogP contribution in [0.15, 0.2) is 0 Å². The van der Waals surface area contributed by atoms with Gasteiger partial charge in [0, 0.05) is 13.6 Å². The maximum absolute atomic E-state index is 11.5. The Kier molecular flexibility index (Phi) is 3.46. The van der Waals surface area contributed by atoms with E-state index in [1.54, 1.807) is 11.9 Å². The fourth-order valence-electron chi connectivity index (χ4n) is 1.36. The highest BCUT2D eigenvalue weighted by molar-refractivity contribution is 5.87. The van der Waals surface area contributed by atoms with Crippen molar-refractivity contribution in [3.05, 3.63) is 0 Å². The van der Waals surface area contributed by atoms with Crippen LogP contribution in [-0.4, -0.2) is 36.3 Å². The first-order valence-corrected chi connectivity index (χ1v) is 4.79. The highest BCUT2D eigenvalue weighted by atomic mass is 16.2. The summed E-state index contributed by atoms with van der Waals surface area (Å²) < 4.78 is 0. The predicted molar refractivity (Wildman–Crippen MR) is 52.1 cm³/mol. The first-order chi connectivity index (χ1) is 6.50. The first-order valence-electron chi connectivity index (χ1n) is 4.79. The largest absolute Gasteiger partial charge is 0.370 e. The number of likely N-dealkylation sites (N-methyl/N-ethyl adjacent to an activating group) is 1. The van der Waals surface area contributed by atoms with Crippen LogP contribution in [0.4, 0.5) is 0 Å². The van der Waals surface area contributed by atoms with E-state index in [4.69, 9.17) is 11.5 Å². The summed E-state index contributed by atoms with van der Waals surface area (Å²) in [5, 5.41) is 0. The second-order valence-corrected chi connectivity index (χ2v) is 3.94. The Morgan fingerprint density at radius 1 is 1.50 bits per heavy atom. The molecule has 1 atom stereocenters. The number of hydrogen-bond donors (Lipinski definition) is 2. The van der Waals surface area contributed by atoms with Gasteiger partial charge in [0.25, 0.3) is 0 Å². The van der Waals surface area contributed by atoms with Gasteiger partial charge in [0.15, 0.2) is 0 Å². The maximum atomic E-state index is 11.5. The molecule has 0 saturated heterocycles. The van der Waals surface area contributed by atoms with Gasteiger partial charge in [0.05, 0.1) is 12.5 Å². The SMILES string of the molecule is CN(CC1CC1)C(=O)C(N)CC(N)=O. The van der Waals surface area contributed by atoms with Crippen molar-refractivity contribution < 1.29 is 9.59 Å². The second kappa shape index (κ2) is 4.41. The van der Waals surface area contributed by atoms with Crippen molar-refractivity contribution in [2.24, 2.45) is 17.4 Å². The highest BCUT2D eigenvalue weighted by Crippen LogP contribution is 2.29. The molecule has 0 aromatic carbocycles. The van der Waals surface area contributed by atoms with Crippen LogP contribution in [0, 0.1) is 5.92 Å². The van der Waals surface area contributed by atoms with Crippen LogP contribution in [-0.2, 0) is 9.59 Å². The van der Waals surface area contributed by atoms with Crippen molar-refractivity contribution in [3.8, 4) is 0 Å². The monoisotopic (exact) mass is 199 g/mol. The molecule has 14 heavy (non-hydrogen) atoms. The maximum Gasteiger partial charge on any atom is 0.239 e. The second-order valence-electron chi connectivity index (χ2n) is 3.94. The smallest absolute Gasteiger partial charge is 0.239 e. The number of nitrogens with two attached hydrogens (primary N) is 2. The molecule has 0 aromatic rings. The van der Waals surface area contributed by atoms with Crippen molar-refractivity contribution in [2.75, 3.05) is 13.6 Å². The minimum Gasteiger partial charge on any atom is -0.370 e. The molecule has 1 aliphatic rings. The number of carbonyl (C=O) groups is 2. The van der Waals surface area contributed by atoms with Crippen LogP contribution in [0.5, 0.6) is 0 Å². The van der Waals surface area contributed by atoms with Crippen LogP contribution in [0.2, 0.25) is 0 Å². The molecule has 0 spiro atoms. The lowest BCUT2D eigenvalue weighted by Crippen LogP contribution is -2.44. The fourth-order valence-corrected chi connectivity index (χ4v) is 1.36. The summed E-state index contributed by atoms with van der Waals surface area (Å²) >= 11 is 0. The van der Waals surface area contributed by atoms with Crippen molar-refractivity contribution in [3.63, 3.8) is 0 Å². The van der Waals surface area contributed by atoms with Gasteiger partial charge in [-0.2, -0.15) is 0 Å². The Morgan fingerprint density at radius 2 is 2.07 bits per heavy atom. The van der Waals surface area contributed by atoms with Crippen molar-refractivity contribution in [1.82, 2.24) is 4.90 Å². The van der Waals surface area contributed by atoms with Gasteiger partial charge in [-0.3, -0.25) is 9.59 Å². The predicted octanol–water partition coefficient (Wildman–Crippen LogP) is -0.942. The van der Waals surface area contributed by atoms with Crippen LogP contribution in [0.1, 0.15) is 19.3 Å². The molecule has 1 aliphatic carbocycles. The molecular weight excluding hydrogens is 182 g/mol. The van der Waals surface area contributed by atoms with E-state index in [2.05, 4.69) is 0 Å². The van der Waals surface area contributed by atoms with Crippen LogP contribution >= 0.6 is 0 Å². The third-order valence-corrected chi connectivity index (χ3v) is 2.34. The Labute approximate surface area is 83.4 Å². The molecule has 1 rings (SSSR count). The average Bonchev–Trinajstić information content (AvgIpc) is 2.85. The number of nitrogens with zero attached hydrogens (tertiary/aromatic N) is 1. The number of rotatable bonds is 5. The third-order valence-electron chi connectivity index (χ3n) is 2.34. The van der Waals surface area contributed by atoms with Gasteiger partial charge in [-0.15, -0.1) is 0 Å². The Bertz CT molecular complexity index is 238. The van der Waals surface area contributed by atoms with E-state index < -0.39 is 11.9 Å². The van der Waals surface area contributed by atoms with Crippen LogP contribution in [0.3, 0.4) is 0 Å². The zero-order valence-electron chi connectivity index (χ0n) is 8.40. The molecule has 0 radical (unpaired) electrons. The summed E-state index contributed by atoms with van der Waals surface area (Å²) in [4.78, 5) is 23.7. The van der Waals surface area contributed by atoms with Gasteiger partial charge in [-0.25, -0.2) is 0 Å². The van der Waals surface area contributed by atoms with Crippen molar-refractivity contribution >= 4 is 11.8 Å². The highest BCUT2D eigenvalue weighted by Gasteiger charge is 2.27. The standard InChI is InChI=1S/C9H17N3O2/c1-12(5-6-2-3-6)9(14)7(10)4-8(11)13/h6-7H,2-5,10H2,1H3,(H2,11,13). The lowest BCUT2D eigenvalue weighted by atomic mass is 10.2. The van der Waals surface area contributed by atoms with E-state index in [0.29, 0.717) is 5.92 Å². The molecule has 1 fully saturated rings. The van der Waals surface area contributed by atoms with Crippen LogP contribution in [0.25, 0.3) is 0 Å². The molecule has 1 unspecified atom stereocenters. The van der Waals surface area contributed by atoms with Gasteiger partial charge in [0.2, 0.25) is 11.8 Å². The normalized spacial score (nSPS) is 17.6. The number of primary amides is 1. The first kappa shape index (κ1) is 11.0. The van der Waals surface area contributed by atoms with Gasteiger partial charge < -0.3 is 16.4 Å². The molecule has 0 aliphatic heterocycles. The minimum atomic E-state index is -0.781. The van der Waals surface area contributed by atoms with E-state index in [9.17, 15) is 9.59 Å². The molecule has 2 amide bonds. The number of amides is 2. The Hall–Kier alpha value is -1.10. The summed E-state index contributed by atoms with van der Waals surface area (Å²) in [6.45, 7) is 0.741. The van der Waals surface area contributed by atoms with Gasteiger partial charge in [0.1, 0.15) is 0 Å². The van der Waals surface area contributed by atoms with Crippen molar-refractivity contribution in [1.29, 1.82) is 0 Å². The zero-order chi connectivity index (χ0) is 10.7. The fraction of sp³-hybridized carbons (Fsp3) is 0.778. The Morgan fingerprint density at radius 3 is 2.50 bits per heavy atom.